The standard InChI is InChI=1S/C21H23N7O2/c1-5-30-11-19(29)25-18-9-15(4)26-28(18)21-16-10-24-27(20(16)22-12-23-21)17-7-6-13(2)8-14(17)3/h6-10,12H,5,11H2,1-4H3,(H,25,29). The molecule has 4 aromatic rings. The average Bonchev–Trinajstić information content (AvgIpc) is 3.29. The van der Waals surface area contributed by atoms with Gasteiger partial charge >= 0.3 is 0 Å². The number of amides is 1. The van der Waals surface area contributed by atoms with E-state index < -0.39 is 0 Å². The van der Waals surface area contributed by atoms with Crippen LogP contribution in [-0.4, -0.2) is 48.6 Å². The highest BCUT2D eigenvalue weighted by Gasteiger charge is 2.18. The molecule has 0 spiro atoms. The summed E-state index contributed by atoms with van der Waals surface area (Å²) in [6.07, 6.45) is 3.19. The Morgan fingerprint density at radius 2 is 1.97 bits per heavy atom. The number of benzene rings is 1. The lowest BCUT2D eigenvalue weighted by Crippen LogP contribution is -2.20. The van der Waals surface area contributed by atoms with E-state index in [-0.39, 0.29) is 12.5 Å². The monoisotopic (exact) mass is 405 g/mol. The zero-order chi connectivity index (χ0) is 21.3. The van der Waals surface area contributed by atoms with Crippen LogP contribution < -0.4 is 5.32 Å². The zero-order valence-electron chi connectivity index (χ0n) is 17.4. The van der Waals surface area contributed by atoms with Gasteiger partial charge in [0.25, 0.3) is 5.91 Å². The SMILES string of the molecule is CCOCC(=O)Nc1cc(C)nn1-c1ncnc2c1cnn2-c1ccc(C)cc1C. The third-order valence-corrected chi connectivity index (χ3v) is 4.66. The third kappa shape index (κ3) is 3.67. The Hall–Kier alpha value is -3.59. The molecule has 0 atom stereocenters. The van der Waals surface area contributed by atoms with Gasteiger partial charge in [0, 0.05) is 12.7 Å². The number of hydrogen-bond acceptors (Lipinski definition) is 6. The zero-order valence-corrected chi connectivity index (χ0v) is 17.4. The van der Waals surface area contributed by atoms with Gasteiger partial charge in [-0.25, -0.2) is 14.6 Å². The van der Waals surface area contributed by atoms with Crippen LogP contribution in [0.3, 0.4) is 0 Å². The molecular weight excluding hydrogens is 382 g/mol. The number of hydrogen-bond donors (Lipinski definition) is 1. The molecule has 0 saturated carbocycles. The van der Waals surface area contributed by atoms with E-state index in [2.05, 4.69) is 38.5 Å². The van der Waals surface area contributed by atoms with Gasteiger partial charge in [0.2, 0.25) is 0 Å². The van der Waals surface area contributed by atoms with E-state index in [0.717, 1.165) is 22.3 Å². The highest BCUT2D eigenvalue weighted by atomic mass is 16.5. The maximum absolute atomic E-state index is 12.2. The van der Waals surface area contributed by atoms with E-state index in [1.807, 2.05) is 32.9 Å². The number of nitrogens with one attached hydrogen (secondary N) is 1. The lowest BCUT2D eigenvalue weighted by atomic mass is 10.1. The van der Waals surface area contributed by atoms with Crippen LogP contribution in [0.1, 0.15) is 23.7 Å². The van der Waals surface area contributed by atoms with Crippen molar-refractivity contribution in [2.24, 2.45) is 0 Å². The van der Waals surface area contributed by atoms with Gasteiger partial charge in [-0.05, 0) is 39.3 Å². The number of anilines is 1. The molecule has 0 aliphatic heterocycles. The Balaban J connectivity index is 1.78. The highest BCUT2D eigenvalue weighted by Crippen LogP contribution is 2.25. The molecule has 0 saturated heterocycles. The molecule has 3 heterocycles. The van der Waals surface area contributed by atoms with Crippen molar-refractivity contribution in [1.29, 1.82) is 0 Å². The van der Waals surface area contributed by atoms with Crippen molar-refractivity contribution in [2.75, 3.05) is 18.5 Å². The number of carbonyl (C=O) groups excluding carboxylic acids is 1. The summed E-state index contributed by atoms with van der Waals surface area (Å²) in [6, 6.07) is 7.96. The Morgan fingerprint density at radius 3 is 2.73 bits per heavy atom. The molecule has 4 rings (SSSR count). The Bertz CT molecular complexity index is 1230. The van der Waals surface area contributed by atoms with Gasteiger partial charge in [0.05, 0.1) is 23.0 Å². The Labute approximate surface area is 173 Å². The van der Waals surface area contributed by atoms with Crippen LogP contribution in [0.5, 0.6) is 0 Å². The summed E-state index contributed by atoms with van der Waals surface area (Å²) in [6.45, 7) is 8.24. The smallest absolute Gasteiger partial charge is 0.251 e. The average molecular weight is 405 g/mol. The maximum Gasteiger partial charge on any atom is 0.251 e. The van der Waals surface area contributed by atoms with Gasteiger partial charge in [-0.1, -0.05) is 17.7 Å². The summed E-state index contributed by atoms with van der Waals surface area (Å²) in [4.78, 5) is 21.0. The first-order valence-electron chi connectivity index (χ1n) is 9.69. The first kappa shape index (κ1) is 19.7. The first-order chi connectivity index (χ1) is 14.5. The molecule has 3 aromatic heterocycles. The second-order valence-electron chi connectivity index (χ2n) is 7.05. The van der Waals surface area contributed by atoms with E-state index >= 15 is 0 Å². The summed E-state index contributed by atoms with van der Waals surface area (Å²) in [5, 5.41) is 12.6. The molecule has 9 heteroatoms. The second-order valence-corrected chi connectivity index (χ2v) is 7.05. The molecule has 0 unspecified atom stereocenters. The predicted molar refractivity (Wildman–Crippen MR) is 113 cm³/mol. The lowest BCUT2D eigenvalue weighted by molar-refractivity contribution is -0.120. The number of nitrogens with zero attached hydrogens (tertiary/aromatic N) is 6. The quantitative estimate of drug-likeness (QED) is 0.529. The fourth-order valence-electron chi connectivity index (χ4n) is 3.34. The predicted octanol–water partition coefficient (Wildman–Crippen LogP) is 2.90. The van der Waals surface area contributed by atoms with Crippen molar-refractivity contribution < 1.29 is 9.53 Å². The fraction of sp³-hybridized carbons (Fsp3) is 0.286. The van der Waals surface area contributed by atoms with Crippen LogP contribution in [0.2, 0.25) is 0 Å². The number of ether oxygens (including phenoxy) is 1. The van der Waals surface area contributed by atoms with Crippen molar-refractivity contribution >= 4 is 22.8 Å². The Morgan fingerprint density at radius 1 is 1.13 bits per heavy atom. The van der Waals surface area contributed by atoms with Gasteiger partial charge in [-0.15, -0.1) is 0 Å². The van der Waals surface area contributed by atoms with Gasteiger partial charge in [0.15, 0.2) is 11.5 Å². The van der Waals surface area contributed by atoms with Crippen LogP contribution in [0.25, 0.3) is 22.5 Å². The van der Waals surface area contributed by atoms with E-state index in [1.165, 1.54) is 11.9 Å². The third-order valence-electron chi connectivity index (χ3n) is 4.66. The highest BCUT2D eigenvalue weighted by molar-refractivity contribution is 5.92. The van der Waals surface area contributed by atoms with E-state index in [1.54, 1.807) is 21.6 Å². The summed E-state index contributed by atoms with van der Waals surface area (Å²) >= 11 is 0. The molecular formula is C21H23N7O2. The van der Waals surface area contributed by atoms with Gasteiger partial charge < -0.3 is 10.1 Å². The molecule has 154 valence electrons. The molecule has 1 aromatic carbocycles. The van der Waals surface area contributed by atoms with Crippen molar-refractivity contribution in [3.63, 3.8) is 0 Å². The minimum atomic E-state index is -0.255. The molecule has 1 N–H and O–H groups in total. The van der Waals surface area contributed by atoms with Crippen LogP contribution in [0, 0.1) is 20.8 Å². The van der Waals surface area contributed by atoms with Gasteiger partial charge in [-0.2, -0.15) is 14.9 Å². The first-order valence-corrected chi connectivity index (χ1v) is 9.69. The number of aromatic nitrogens is 6. The van der Waals surface area contributed by atoms with Gasteiger partial charge in [-0.3, -0.25) is 4.79 Å². The van der Waals surface area contributed by atoms with Crippen LogP contribution >= 0.6 is 0 Å². The molecule has 1 amide bonds. The molecule has 0 aliphatic carbocycles. The van der Waals surface area contributed by atoms with Crippen molar-refractivity contribution in [1.82, 2.24) is 29.5 Å². The second kappa shape index (κ2) is 8.03. The largest absolute Gasteiger partial charge is 0.372 e. The Kier molecular flexibility index (Phi) is 5.28. The van der Waals surface area contributed by atoms with Crippen LogP contribution in [-0.2, 0) is 9.53 Å². The number of carbonyl (C=O) groups is 1. The van der Waals surface area contributed by atoms with E-state index in [4.69, 9.17) is 4.74 Å². The fourth-order valence-corrected chi connectivity index (χ4v) is 3.34. The minimum absolute atomic E-state index is 0.0233. The summed E-state index contributed by atoms with van der Waals surface area (Å²) in [7, 11) is 0. The molecule has 0 radical (unpaired) electrons. The minimum Gasteiger partial charge on any atom is -0.372 e. The number of rotatable bonds is 6. The molecule has 0 bridgehead atoms. The number of aryl methyl sites for hydroxylation is 3. The molecule has 30 heavy (non-hydrogen) atoms. The summed E-state index contributed by atoms with van der Waals surface area (Å²) in [5.74, 6) is 0.793. The normalized spacial score (nSPS) is 11.2. The maximum atomic E-state index is 12.2. The van der Waals surface area contributed by atoms with E-state index in [0.29, 0.717) is 23.9 Å². The number of fused-ring (bicyclic) bond motifs is 1. The van der Waals surface area contributed by atoms with Crippen molar-refractivity contribution in [3.8, 4) is 11.5 Å². The van der Waals surface area contributed by atoms with Crippen LogP contribution in [0.15, 0.2) is 36.8 Å². The molecule has 0 fully saturated rings. The van der Waals surface area contributed by atoms with Gasteiger partial charge in [0.1, 0.15) is 18.8 Å². The molecule has 0 aliphatic rings. The van der Waals surface area contributed by atoms with E-state index in [9.17, 15) is 4.79 Å². The van der Waals surface area contributed by atoms with Crippen LogP contribution in [0.4, 0.5) is 5.82 Å². The van der Waals surface area contributed by atoms with Crippen molar-refractivity contribution in [3.05, 3.63) is 53.6 Å². The lowest BCUT2D eigenvalue weighted by Gasteiger charge is -2.10. The summed E-state index contributed by atoms with van der Waals surface area (Å²) in [5.41, 5.74) is 4.63. The van der Waals surface area contributed by atoms with Crippen molar-refractivity contribution in [2.45, 2.75) is 27.7 Å². The summed E-state index contributed by atoms with van der Waals surface area (Å²) < 4.78 is 8.57. The molecule has 9 nitrogen and oxygen atoms in total. The topological polar surface area (TPSA) is 99.8 Å².